The molecule has 3 atom stereocenters. The van der Waals surface area contributed by atoms with Crippen LogP contribution in [0.1, 0.15) is 40.0 Å². The lowest BCUT2D eigenvalue weighted by Crippen LogP contribution is -2.38. The molecule has 1 aromatic rings. The highest BCUT2D eigenvalue weighted by molar-refractivity contribution is 9.10. The zero-order valence-electron chi connectivity index (χ0n) is 12.2. The van der Waals surface area contributed by atoms with Crippen molar-refractivity contribution in [2.75, 3.05) is 5.32 Å². The third kappa shape index (κ3) is 3.84. The molecule has 1 N–H and O–H groups in total. The fraction of sp³-hybridized carbons (Fsp3) is 0.625. The topological polar surface area (TPSA) is 12.0 Å². The summed E-state index contributed by atoms with van der Waals surface area (Å²) in [5.41, 5.74) is 0.876. The van der Waals surface area contributed by atoms with E-state index in [0.717, 1.165) is 16.1 Å². The van der Waals surface area contributed by atoms with Gasteiger partial charge in [-0.1, -0.05) is 66.3 Å². The number of halogens is 3. The molecule has 2 rings (SSSR count). The molecule has 0 aliphatic heterocycles. The first-order valence-corrected chi connectivity index (χ1v) is 8.84. The largest absolute Gasteiger partial charge is 0.380 e. The zero-order valence-corrected chi connectivity index (χ0v) is 15.3. The number of hydrogen-bond donors (Lipinski definition) is 1. The monoisotopic (exact) mass is 377 g/mol. The molecule has 0 heterocycles. The van der Waals surface area contributed by atoms with Crippen molar-refractivity contribution < 1.29 is 0 Å². The molecule has 0 radical (unpaired) electrons. The third-order valence-electron chi connectivity index (χ3n) is 4.36. The van der Waals surface area contributed by atoms with Gasteiger partial charge in [0.1, 0.15) is 0 Å². The van der Waals surface area contributed by atoms with E-state index in [1.807, 2.05) is 12.1 Å². The van der Waals surface area contributed by atoms with E-state index in [9.17, 15) is 0 Å². The first kappa shape index (κ1) is 16.5. The average Bonchev–Trinajstić information content (AvgIpc) is 2.33. The summed E-state index contributed by atoms with van der Waals surface area (Å²) >= 11 is 16.1. The smallest absolute Gasteiger partial charge is 0.0722 e. The van der Waals surface area contributed by atoms with E-state index in [4.69, 9.17) is 23.2 Å². The number of benzene rings is 1. The summed E-state index contributed by atoms with van der Waals surface area (Å²) in [4.78, 5) is 0. The van der Waals surface area contributed by atoms with E-state index in [-0.39, 0.29) is 0 Å². The minimum absolute atomic E-state index is 0.454. The molecular formula is C16H22BrCl2N. The van der Waals surface area contributed by atoms with Gasteiger partial charge in [-0.2, -0.15) is 0 Å². The second kappa shape index (κ2) is 6.89. The highest BCUT2D eigenvalue weighted by Crippen LogP contribution is 2.39. The first-order valence-electron chi connectivity index (χ1n) is 7.29. The fourth-order valence-corrected chi connectivity index (χ4v) is 4.55. The molecule has 1 nitrogen and oxygen atoms in total. The van der Waals surface area contributed by atoms with Crippen LogP contribution >= 0.6 is 39.1 Å². The van der Waals surface area contributed by atoms with Gasteiger partial charge in [-0.25, -0.2) is 0 Å². The van der Waals surface area contributed by atoms with E-state index in [2.05, 4.69) is 42.0 Å². The lowest BCUT2D eigenvalue weighted by atomic mass is 9.74. The predicted octanol–water partition coefficient (Wildman–Crippen LogP) is 6.63. The summed E-state index contributed by atoms with van der Waals surface area (Å²) < 4.78 is 0.912. The Morgan fingerprint density at radius 3 is 2.35 bits per heavy atom. The molecule has 1 aromatic carbocycles. The van der Waals surface area contributed by atoms with Gasteiger partial charge >= 0.3 is 0 Å². The molecule has 112 valence electrons. The van der Waals surface area contributed by atoms with Gasteiger partial charge in [-0.15, -0.1) is 0 Å². The summed E-state index contributed by atoms with van der Waals surface area (Å²) in [6.07, 6.45) is 3.79. The predicted molar refractivity (Wildman–Crippen MR) is 92.9 cm³/mol. The number of hydrogen-bond acceptors (Lipinski definition) is 1. The molecule has 1 fully saturated rings. The summed E-state index contributed by atoms with van der Waals surface area (Å²) in [5, 5.41) is 4.99. The van der Waals surface area contributed by atoms with Gasteiger partial charge in [0, 0.05) is 10.5 Å². The van der Waals surface area contributed by atoms with Gasteiger partial charge in [-0.3, -0.25) is 0 Å². The van der Waals surface area contributed by atoms with Crippen molar-refractivity contribution in [2.45, 2.75) is 46.1 Å². The van der Waals surface area contributed by atoms with Crippen LogP contribution in [-0.2, 0) is 0 Å². The van der Waals surface area contributed by atoms with Crippen molar-refractivity contribution in [1.29, 1.82) is 0 Å². The Labute approximate surface area is 140 Å². The van der Waals surface area contributed by atoms with Crippen molar-refractivity contribution in [3.63, 3.8) is 0 Å². The number of nitrogens with one attached hydrogen (secondary N) is 1. The summed E-state index contributed by atoms with van der Waals surface area (Å²) in [7, 11) is 0. The van der Waals surface area contributed by atoms with Crippen LogP contribution in [0, 0.1) is 17.8 Å². The Kier molecular flexibility index (Phi) is 5.67. The van der Waals surface area contributed by atoms with Gasteiger partial charge in [0.15, 0.2) is 0 Å². The molecule has 0 aromatic heterocycles. The standard InChI is InChI=1S/C16H22BrCl2N/c1-9(2)12-5-4-10(3)6-15(12)20-16-13(18)7-11(17)8-14(16)19/h7-10,12,15,20H,4-6H2,1-3H3. The highest BCUT2D eigenvalue weighted by Gasteiger charge is 2.31. The van der Waals surface area contributed by atoms with Crippen LogP contribution in [-0.4, -0.2) is 6.04 Å². The normalized spacial score (nSPS) is 26.9. The fourth-order valence-electron chi connectivity index (χ4n) is 3.23. The Morgan fingerprint density at radius 2 is 1.80 bits per heavy atom. The lowest BCUT2D eigenvalue weighted by Gasteiger charge is -2.38. The Balaban J connectivity index is 2.22. The minimum Gasteiger partial charge on any atom is -0.380 e. The van der Waals surface area contributed by atoms with Crippen LogP contribution in [0.15, 0.2) is 16.6 Å². The number of rotatable bonds is 3. The molecule has 0 spiro atoms. The molecule has 1 saturated carbocycles. The van der Waals surface area contributed by atoms with E-state index < -0.39 is 0 Å². The molecule has 4 heteroatoms. The quantitative estimate of drug-likeness (QED) is 0.622. The van der Waals surface area contributed by atoms with Crippen molar-refractivity contribution in [3.05, 3.63) is 26.7 Å². The SMILES string of the molecule is CC1CCC(C(C)C)C(Nc2c(Cl)cc(Br)cc2Cl)C1. The number of anilines is 1. The molecule has 0 saturated heterocycles. The van der Waals surface area contributed by atoms with Gasteiger partial charge in [0.05, 0.1) is 15.7 Å². The lowest BCUT2D eigenvalue weighted by molar-refractivity contribution is 0.212. The second-order valence-electron chi connectivity index (χ2n) is 6.32. The maximum Gasteiger partial charge on any atom is 0.0722 e. The van der Waals surface area contributed by atoms with Gasteiger partial charge in [0.2, 0.25) is 0 Å². The van der Waals surface area contributed by atoms with Crippen LogP contribution in [0.5, 0.6) is 0 Å². The Hall–Kier alpha value is 0.0800. The average molecular weight is 379 g/mol. The molecule has 0 bridgehead atoms. The zero-order chi connectivity index (χ0) is 14.9. The van der Waals surface area contributed by atoms with Gasteiger partial charge < -0.3 is 5.32 Å². The molecule has 20 heavy (non-hydrogen) atoms. The molecule has 1 aliphatic rings. The molecule has 0 amide bonds. The van der Waals surface area contributed by atoms with E-state index >= 15 is 0 Å². The molecular weight excluding hydrogens is 357 g/mol. The minimum atomic E-state index is 0.454. The van der Waals surface area contributed by atoms with Crippen LogP contribution in [0.2, 0.25) is 10.0 Å². The maximum atomic E-state index is 6.34. The maximum absolute atomic E-state index is 6.34. The van der Waals surface area contributed by atoms with Crippen LogP contribution in [0.4, 0.5) is 5.69 Å². The van der Waals surface area contributed by atoms with Crippen molar-refractivity contribution in [3.8, 4) is 0 Å². The van der Waals surface area contributed by atoms with E-state index in [1.165, 1.54) is 19.3 Å². The summed E-state index contributed by atoms with van der Waals surface area (Å²) in [6.45, 7) is 6.94. The Bertz CT molecular complexity index is 453. The van der Waals surface area contributed by atoms with Crippen LogP contribution in [0.25, 0.3) is 0 Å². The third-order valence-corrected chi connectivity index (χ3v) is 5.41. The second-order valence-corrected chi connectivity index (χ2v) is 8.05. The Morgan fingerprint density at radius 1 is 1.20 bits per heavy atom. The first-order chi connectivity index (χ1) is 9.38. The molecule has 1 aliphatic carbocycles. The van der Waals surface area contributed by atoms with Crippen LogP contribution in [0.3, 0.4) is 0 Å². The van der Waals surface area contributed by atoms with Gasteiger partial charge in [0.25, 0.3) is 0 Å². The van der Waals surface area contributed by atoms with Gasteiger partial charge in [-0.05, 0) is 42.7 Å². The van der Waals surface area contributed by atoms with Crippen molar-refractivity contribution >= 4 is 44.8 Å². The van der Waals surface area contributed by atoms with Crippen molar-refractivity contribution in [1.82, 2.24) is 0 Å². The van der Waals surface area contributed by atoms with E-state index in [0.29, 0.717) is 27.9 Å². The van der Waals surface area contributed by atoms with Crippen LogP contribution < -0.4 is 5.32 Å². The summed E-state index contributed by atoms with van der Waals surface area (Å²) in [6, 6.07) is 4.24. The van der Waals surface area contributed by atoms with Crippen molar-refractivity contribution in [2.24, 2.45) is 17.8 Å². The van der Waals surface area contributed by atoms with E-state index in [1.54, 1.807) is 0 Å². The highest BCUT2D eigenvalue weighted by atomic mass is 79.9. The molecule has 3 unspecified atom stereocenters. The summed E-state index contributed by atoms with van der Waals surface area (Å²) in [5.74, 6) is 2.12.